The second-order valence-corrected chi connectivity index (χ2v) is 21.8. The molecule has 3 saturated heterocycles. The molecule has 4 aromatic carbocycles. The summed E-state index contributed by atoms with van der Waals surface area (Å²) in [4.78, 5) is 44.2. The van der Waals surface area contributed by atoms with Crippen molar-refractivity contribution in [3.8, 4) is 23.9 Å². The molecule has 0 radical (unpaired) electrons. The second kappa shape index (κ2) is 28.2. The number of aromatic carboxylic acids is 1. The zero-order valence-electron chi connectivity index (χ0n) is 47.5. The van der Waals surface area contributed by atoms with Crippen LogP contribution in [0.5, 0.6) is 11.8 Å². The number of halogens is 2. The van der Waals surface area contributed by atoms with Gasteiger partial charge in [0.1, 0.15) is 24.8 Å². The van der Waals surface area contributed by atoms with Crippen molar-refractivity contribution in [2.24, 2.45) is 0 Å². The van der Waals surface area contributed by atoms with Crippen molar-refractivity contribution in [3.63, 3.8) is 0 Å². The number of rotatable bonds is 25. The highest BCUT2D eigenvalue weighted by atomic mass is 19.1. The molecular formula is C66H70F2N8O8. The molecule has 436 valence electrons. The topological polar surface area (TPSA) is 198 Å². The number of anilines is 2. The Balaban J connectivity index is 0.779. The second-order valence-electron chi connectivity index (χ2n) is 21.8. The van der Waals surface area contributed by atoms with E-state index in [-0.39, 0.29) is 67.4 Å². The third-order valence-corrected chi connectivity index (χ3v) is 15.9. The Kier molecular flexibility index (Phi) is 20.1. The Morgan fingerprint density at radius 1 is 0.702 bits per heavy atom. The fraction of sp³-hybridized carbons (Fsp3) is 0.364. The van der Waals surface area contributed by atoms with E-state index in [9.17, 15) is 28.6 Å². The first-order chi connectivity index (χ1) is 40.6. The summed E-state index contributed by atoms with van der Waals surface area (Å²) in [6.07, 6.45) is 3.34. The maximum absolute atomic E-state index is 14.5. The zero-order valence-corrected chi connectivity index (χ0v) is 47.5. The number of aryl methyl sites for hydroxylation is 2. The van der Waals surface area contributed by atoms with Crippen LogP contribution in [-0.4, -0.2) is 120 Å². The number of carboxylic acids is 1. The molecule has 0 amide bonds. The van der Waals surface area contributed by atoms with E-state index >= 15 is 0 Å². The Morgan fingerprint density at radius 2 is 1.19 bits per heavy atom. The first-order valence-electron chi connectivity index (χ1n) is 28.4. The first-order valence-corrected chi connectivity index (χ1v) is 28.4. The lowest BCUT2D eigenvalue weighted by Gasteiger charge is -2.38. The minimum atomic E-state index is -1.08. The molecule has 0 saturated carbocycles. The molecule has 2 atom stereocenters. The third-order valence-electron chi connectivity index (χ3n) is 15.9. The van der Waals surface area contributed by atoms with Gasteiger partial charge in [0.25, 0.3) is 0 Å². The minimum Gasteiger partial charge on any atom is -0.478 e. The lowest BCUT2D eigenvalue weighted by molar-refractivity contribution is -0.0439. The standard InChI is InChI=1S/C66H70F2N8O8/c1-43-11-15-51(65(78)79)33-61(43)75(45(3)37-73-25-19-49(20-26-73)59-7-5-9-63(71-59)83-41-53-17-13-47(35-69)31-57(53)67)39-55(77)23-29-82-66(80)52-16-12-44(2)62(34-52)76(40-56-24-30-81-56)46(4)38-74-27-21-50(22-28-74)60-8-6-10-64(72-60)84-42-54-18-14-48(36-70)32-58(54)68/h5-18,31-34,49-50,55-56,77H,3-4,19-30,37-42H2,1-2H3,(H,78,79). The van der Waals surface area contributed by atoms with Crippen LogP contribution in [0.3, 0.4) is 0 Å². The number of benzene rings is 4. The van der Waals surface area contributed by atoms with E-state index in [0.29, 0.717) is 66.1 Å². The van der Waals surface area contributed by atoms with Gasteiger partial charge in [-0.05, 0) is 144 Å². The average Bonchev–Trinajstić information content (AvgIpc) is 3.58. The molecule has 18 heteroatoms. The van der Waals surface area contributed by atoms with Crippen molar-refractivity contribution < 1.29 is 47.5 Å². The number of hydrogen-bond donors (Lipinski definition) is 2. The number of pyridine rings is 2. The summed E-state index contributed by atoms with van der Waals surface area (Å²) < 4.78 is 52.5. The lowest BCUT2D eigenvalue weighted by Crippen LogP contribution is -2.43. The number of carbonyl (C=O) groups excluding carboxylic acids is 1. The number of carboxylic acid groups (broad SMARTS) is 1. The summed E-state index contributed by atoms with van der Waals surface area (Å²) in [5.74, 6) is -1.48. The molecule has 3 aliphatic heterocycles. The summed E-state index contributed by atoms with van der Waals surface area (Å²) in [6.45, 7) is 18.2. The highest BCUT2D eigenvalue weighted by molar-refractivity contribution is 5.91. The van der Waals surface area contributed by atoms with Crippen molar-refractivity contribution in [1.29, 1.82) is 10.5 Å². The molecule has 3 fully saturated rings. The smallest absolute Gasteiger partial charge is 0.338 e. The van der Waals surface area contributed by atoms with Gasteiger partial charge >= 0.3 is 11.9 Å². The van der Waals surface area contributed by atoms with Gasteiger partial charge in [-0.2, -0.15) is 10.5 Å². The zero-order chi connectivity index (χ0) is 59.3. The highest BCUT2D eigenvalue weighted by Crippen LogP contribution is 2.34. The third kappa shape index (κ3) is 15.6. The molecule has 0 bridgehead atoms. The van der Waals surface area contributed by atoms with Crippen LogP contribution < -0.4 is 19.3 Å². The van der Waals surface area contributed by atoms with Gasteiger partial charge in [-0.25, -0.2) is 28.3 Å². The average molecular weight is 1140 g/mol. The number of aromatic nitrogens is 2. The van der Waals surface area contributed by atoms with Gasteiger partial charge in [-0.15, -0.1) is 0 Å². The number of piperidine rings is 2. The number of nitriles is 2. The van der Waals surface area contributed by atoms with E-state index in [1.807, 2.05) is 67.3 Å². The Hall–Kier alpha value is -8.52. The van der Waals surface area contributed by atoms with Crippen molar-refractivity contribution in [2.45, 2.75) is 89.6 Å². The first kappa shape index (κ1) is 60.1. The maximum Gasteiger partial charge on any atom is 0.338 e. The van der Waals surface area contributed by atoms with Crippen molar-refractivity contribution in [1.82, 2.24) is 19.8 Å². The minimum absolute atomic E-state index is 0.00600. The predicted octanol–water partition coefficient (Wildman–Crippen LogP) is 10.8. The Morgan fingerprint density at radius 3 is 1.67 bits per heavy atom. The number of carbonyl (C=O) groups is 2. The SMILES string of the molecule is C=C(CN1CCC(c2cccc(OCc3ccc(C#N)cc3F)n2)CC1)N(CC(O)CCOC(=O)c1ccc(C)c(N(CC2CCO2)C(=C)CN2CCC(c3cccc(OCc4ccc(C#N)cc4F)n3)CC2)c1)c1cc(C(=O)O)ccc1C. The van der Waals surface area contributed by atoms with Crippen LogP contribution in [0.4, 0.5) is 20.2 Å². The van der Waals surface area contributed by atoms with Gasteiger partial charge in [-0.3, -0.25) is 9.80 Å². The Labute approximate surface area is 489 Å². The molecule has 84 heavy (non-hydrogen) atoms. The lowest BCUT2D eigenvalue weighted by atomic mass is 9.93. The van der Waals surface area contributed by atoms with E-state index < -0.39 is 29.7 Å². The fourth-order valence-electron chi connectivity index (χ4n) is 10.9. The van der Waals surface area contributed by atoms with E-state index in [1.54, 1.807) is 54.6 Å². The molecule has 2 aromatic heterocycles. The van der Waals surface area contributed by atoms with Gasteiger partial charge in [0.2, 0.25) is 11.8 Å². The van der Waals surface area contributed by atoms with Crippen LogP contribution in [0.25, 0.3) is 0 Å². The normalized spacial score (nSPS) is 16.1. The molecule has 5 heterocycles. The monoisotopic (exact) mass is 1140 g/mol. The summed E-state index contributed by atoms with van der Waals surface area (Å²) in [5.41, 5.74) is 8.11. The summed E-state index contributed by atoms with van der Waals surface area (Å²) >= 11 is 0. The van der Waals surface area contributed by atoms with Crippen LogP contribution in [0, 0.1) is 48.1 Å². The molecule has 2 unspecified atom stereocenters. The van der Waals surface area contributed by atoms with E-state index in [1.165, 1.54) is 18.2 Å². The van der Waals surface area contributed by atoms with Crippen LogP contribution in [-0.2, 0) is 22.7 Å². The number of ether oxygens (including phenoxy) is 4. The molecule has 6 aromatic rings. The number of esters is 1. The fourth-order valence-corrected chi connectivity index (χ4v) is 10.9. The number of aliphatic hydroxyl groups is 1. The maximum atomic E-state index is 14.5. The van der Waals surface area contributed by atoms with Crippen LogP contribution in [0.2, 0.25) is 0 Å². The van der Waals surface area contributed by atoms with Crippen molar-refractivity contribution in [3.05, 3.63) is 201 Å². The van der Waals surface area contributed by atoms with Gasteiger partial charge in [-0.1, -0.05) is 49.6 Å². The number of nitrogens with zero attached hydrogens (tertiary/aromatic N) is 8. The largest absolute Gasteiger partial charge is 0.478 e. The summed E-state index contributed by atoms with van der Waals surface area (Å²) in [6, 6.07) is 34.0. The summed E-state index contributed by atoms with van der Waals surface area (Å²) in [7, 11) is 0. The predicted molar refractivity (Wildman–Crippen MR) is 314 cm³/mol. The molecule has 2 N–H and O–H groups in total. The van der Waals surface area contributed by atoms with Gasteiger partial charge in [0.15, 0.2) is 0 Å². The number of likely N-dealkylation sites (tertiary alicyclic amines) is 2. The molecule has 3 aliphatic rings. The number of hydrogen-bond acceptors (Lipinski definition) is 15. The molecule has 0 spiro atoms. The van der Waals surface area contributed by atoms with Gasteiger partial charge in [0.05, 0.1) is 53.2 Å². The van der Waals surface area contributed by atoms with E-state index in [4.69, 9.17) is 39.4 Å². The van der Waals surface area contributed by atoms with Crippen LogP contribution in [0.15, 0.2) is 134 Å². The molecule has 16 nitrogen and oxygen atoms in total. The van der Waals surface area contributed by atoms with E-state index in [0.717, 1.165) is 92.2 Å². The van der Waals surface area contributed by atoms with Gasteiger partial charge in [0, 0.05) is 108 Å². The van der Waals surface area contributed by atoms with Crippen molar-refractivity contribution >= 4 is 23.3 Å². The van der Waals surface area contributed by atoms with Crippen LogP contribution in [0.1, 0.15) is 116 Å². The highest BCUT2D eigenvalue weighted by Gasteiger charge is 2.30. The Bertz CT molecular complexity index is 3440. The van der Waals surface area contributed by atoms with Gasteiger partial charge < -0.3 is 39.0 Å². The molecular weight excluding hydrogens is 1070 g/mol. The van der Waals surface area contributed by atoms with E-state index in [2.05, 4.69) is 27.9 Å². The molecule has 0 aliphatic carbocycles. The van der Waals surface area contributed by atoms with Crippen LogP contribution >= 0.6 is 0 Å². The molecule has 9 rings (SSSR count). The summed E-state index contributed by atoms with van der Waals surface area (Å²) in [5, 5.41) is 39.8. The number of aliphatic hydroxyl groups excluding tert-OH is 1. The quantitative estimate of drug-likeness (QED) is 0.0513. The van der Waals surface area contributed by atoms with Crippen molar-refractivity contribution in [2.75, 3.05) is 75.4 Å².